The predicted molar refractivity (Wildman–Crippen MR) is 132 cm³/mol. The van der Waals surface area contributed by atoms with Crippen LogP contribution in [0.1, 0.15) is 50.3 Å². The summed E-state index contributed by atoms with van der Waals surface area (Å²) < 4.78 is 0. The fourth-order valence-corrected chi connectivity index (χ4v) is 4.24. The lowest BCUT2D eigenvalue weighted by Crippen LogP contribution is -2.21. The van der Waals surface area contributed by atoms with Crippen LogP contribution >= 0.6 is 0 Å². The molecule has 0 saturated heterocycles. The third-order valence-electron chi connectivity index (χ3n) is 6.05. The fourth-order valence-electron chi connectivity index (χ4n) is 4.24. The molecule has 3 rings (SSSR count). The van der Waals surface area contributed by atoms with E-state index in [1.165, 1.54) is 28.1 Å². The molecule has 0 aliphatic carbocycles. The van der Waals surface area contributed by atoms with E-state index in [1.54, 1.807) is 0 Å². The molecule has 0 aliphatic rings. The van der Waals surface area contributed by atoms with Crippen molar-refractivity contribution in [2.75, 3.05) is 36.0 Å². The molecule has 4 heteroatoms. The number of nitrogens with zero attached hydrogens (tertiary/aromatic N) is 4. The maximum atomic E-state index is 9.08. The summed E-state index contributed by atoms with van der Waals surface area (Å²) >= 11 is 0. The van der Waals surface area contributed by atoms with E-state index < -0.39 is 0 Å². The molecule has 0 amide bonds. The third kappa shape index (κ3) is 5.06. The van der Waals surface area contributed by atoms with E-state index in [1.807, 2.05) is 12.1 Å². The van der Waals surface area contributed by atoms with Crippen LogP contribution in [0.15, 0.2) is 72.8 Å². The molecule has 0 atom stereocenters. The van der Waals surface area contributed by atoms with Crippen LogP contribution in [0, 0.1) is 5.39 Å². The van der Waals surface area contributed by atoms with Gasteiger partial charge in [-0.05, 0) is 68.7 Å². The normalized spacial score (nSPS) is 10.7. The van der Waals surface area contributed by atoms with E-state index in [2.05, 4.69) is 103 Å². The highest BCUT2D eigenvalue weighted by Crippen LogP contribution is 2.34. The first-order chi connectivity index (χ1) is 15.1. The minimum atomic E-state index is 0.115. The summed E-state index contributed by atoms with van der Waals surface area (Å²) in [6, 6.07) is 25.6. The highest BCUT2D eigenvalue weighted by molar-refractivity contribution is 5.55. The van der Waals surface area contributed by atoms with Gasteiger partial charge in [0.15, 0.2) is 4.98 Å². The molecule has 0 saturated carbocycles. The number of hydrogen-bond donors (Lipinski definition) is 0. The van der Waals surface area contributed by atoms with Gasteiger partial charge in [-0.2, -0.15) is 0 Å². The van der Waals surface area contributed by atoms with E-state index >= 15 is 0 Å². The van der Waals surface area contributed by atoms with Gasteiger partial charge in [-0.25, -0.2) is 0 Å². The van der Waals surface area contributed by atoms with Gasteiger partial charge in [0.2, 0.25) is 5.39 Å². The summed E-state index contributed by atoms with van der Waals surface area (Å²) in [6.45, 7) is 12.7. The van der Waals surface area contributed by atoms with Crippen LogP contribution in [0.25, 0.3) is 4.98 Å². The van der Waals surface area contributed by atoms with E-state index in [-0.39, 0.29) is 5.92 Å². The monoisotopic (exact) mass is 413 g/mol. The maximum Gasteiger partial charge on any atom is 0.385 e. The summed E-state index contributed by atoms with van der Waals surface area (Å²) in [5.74, 6) is 0.115. The van der Waals surface area contributed by atoms with Crippen molar-refractivity contribution in [3.63, 3.8) is 0 Å². The topological polar surface area (TPSA) is 34.6 Å². The number of anilines is 2. The SMILES string of the molecule is CCN(CC)c1ccc(C(c2ccc([N+]#N)cc2)c2ccc(N(CC)CC)cc2)cc1. The molecule has 4 nitrogen and oxygen atoms in total. The molecular formula is C27H33N4+. The summed E-state index contributed by atoms with van der Waals surface area (Å²) in [7, 11) is 0. The van der Waals surface area contributed by atoms with Crippen LogP contribution in [0.3, 0.4) is 0 Å². The smallest absolute Gasteiger partial charge is 0.372 e. The van der Waals surface area contributed by atoms with Gasteiger partial charge in [0, 0.05) is 55.6 Å². The third-order valence-corrected chi connectivity index (χ3v) is 6.05. The zero-order valence-corrected chi connectivity index (χ0v) is 19.1. The van der Waals surface area contributed by atoms with Crippen molar-refractivity contribution < 1.29 is 0 Å². The second-order valence-electron chi connectivity index (χ2n) is 7.65. The van der Waals surface area contributed by atoms with Gasteiger partial charge >= 0.3 is 5.69 Å². The van der Waals surface area contributed by atoms with Gasteiger partial charge in [-0.3, -0.25) is 0 Å². The Balaban J connectivity index is 2.02. The Bertz CT molecular complexity index is 922. The Morgan fingerprint density at radius 3 is 1.19 bits per heavy atom. The average molecular weight is 414 g/mol. The Labute approximate surface area is 186 Å². The minimum absolute atomic E-state index is 0.115. The molecule has 0 N–H and O–H groups in total. The minimum Gasteiger partial charge on any atom is -0.372 e. The molecule has 31 heavy (non-hydrogen) atoms. The predicted octanol–water partition coefficient (Wildman–Crippen LogP) is 7.04. The molecule has 0 spiro atoms. The lowest BCUT2D eigenvalue weighted by molar-refractivity contribution is 0.862. The Hall–Kier alpha value is -3.32. The Kier molecular flexibility index (Phi) is 7.67. The molecule has 0 unspecified atom stereocenters. The van der Waals surface area contributed by atoms with Gasteiger partial charge in [-0.1, -0.05) is 36.4 Å². The first-order valence-corrected chi connectivity index (χ1v) is 11.3. The van der Waals surface area contributed by atoms with E-state index in [4.69, 9.17) is 5.39 Å². The molecule has 160 valence electrons. The van der Waals surface area contributed by atoms with Crippen LogP contribution in [0.4, 0.5) is 17.1 Å². The number of benzene rings is 3. The zero-order chi connectivity index (χ0) is 22.2. The van der Waals surface area contributed by atoms with E-state index in [0.29, 0.717) is 5.69 Å². The van der Waals surface area contributed by atoms with Gasteiger partial charge in [0.25, 0.3) is 0 Å². The summed E-state index contributed by atoms with van der Waals surface area (Å²) in [6.07, 6.45) is 0. The van der Waals surface area contributed by atoms with Gasteiger partial charge in [0.05, 0.1) is 0 Å². The summed E-state index contributed by atoms with van der Waals surface area (Å²) in [5, 5.41) is 9.08. The largest absolute Gasteiger partial charge is 0.385 e. The van der Waals surface area contributed by atoms with Crippen molar-refractivity contribution >= 4 is 17.1 Å². The number of rotatable bonds is 9. The van der Waals surface area contributed by atoms with Crippen molar-refractivity contribution in [2.24, 2.45) is 0 Å². The van der Waals surface area contributed by atoms with E-state index in [0.717, 1.165) is 26.2 Å². The average Bonchev–Trinajstić information content (AvgIpc) is 2.83. The highest BCUT2D eigenvalue weighted by Gasteiger charge is 2.19. The highest BCUT2D eigenvalue weighted by atomic mass is 15.1. The Morgan fingerprint density at radius 2 is 0.903 bits per heavy atom. The first-order valence-electron chi connectivity index (χ1n) is 11.3. The number of hydrogen-bond acceptors (Lipinski definition) is 3. The Morgan fingerprint density at radius 1 is 0.581 bits per heavy atom. The van der Waals surface area contributed by atoms with Crippen molar-refractivity contribution in [3.8, 4) is 0 Å². The van der Waals surface area contributed by atoms with Crippen molar-refractivity contribution in [3.05, 3.63) is 94.5 Å². The maximum absolute atomic E-state index is 9.08. The van der Waals surface area contributed by atoms with Crippen LogP contribution in [-0.4, -0.2) is 26.2 Å². The molecule has 0 aliphatic heterocycles. The number of diazo groups is 1. The molecule has 0 fully saturated rings. The first kappa shape index (κ1) is 22.4. The second-order valence-corrected chi connectivity index (χ2v) is 7.65. The zero-order valence-electron chi connectivity index (χ0n) is 19.1. The van der Waals surface area contributed by atoms with Crippen molar-refractivity contribution in [1.29, 1.82) is 5.39 Å². The van der Waals surface area contributed by atoms with Gasteiger partial charge in [0.1, 0.15) is 0 Å². The van der Waals surface area contributed by atoms with Crippen LogP contribution in [0.5, 0.6) is 0 Å². The summed E-state index contributed by atoms with van der Waals surface area (Å²) in [4.78, 5) is 8.02. The fraction of sp³-hybridized carbons (Fsp3) is 0.333. The van der Waals surface area contributed by atoms with Crippen LogP contribution in [0.2, 0.25) is 0 Å². The van der Waals surface area contributed by atoms with Crippen LogP contribution < -0.4 is 9.80 Å². The van der Waals surface area contributed by atoms with Crippen LogP contribution in [-0.2, 0) is 0 Å². The molecule has 0 aromatic heterocycles. The molecule has 3 aromatic carbocycles. The quantitative estimate of drug-likeness (QED) is 0.279. The standard InChI is InChI=1S/C27H33N4/c1-5-30(6-2)25-17-11-22(12-18-25)27(21-9-15-24(29-28)16-10-21)23-13-19-26(20-14-23)31(7-3)8-4/h9-20,27H,5-8H2,1-4H3/q+1. The molecule has 3 aromatic rings. The van der Waals surface area contributed by atoms with Gasteiger partial charge in [-0.15, -0.1) is 0 Å². The summed E-state index contributed by atoms with van der Waals surface area (Å²) in [5.41, 5.74) is 6.74. The second kappa shape index (κ2) is 10.6. The lowest BCUT2D eigenvalue weighted by Gasteiger charge is -2.24. The van der Waals surface area contributed by atoms with Gasteiger partial charge < -0.3 is 9.80 Å². The van der Waals surface area contributed by atoms with Crippen molar-refractivity contribution in [2.45, 2.75) is 33.6 Å². The van der Waals surface area contributed by atoms with Crippen molar-refractivity contribution in [1.82, 2.24) is 0 Å². The lowest BCUT2D eigenvalue weighted by atomic mass is 9.85. The van der Waals surface area contributed by atoms with E-state index in [9.17, 15) is 0 Å². The molecular weight excluding hydrogens is 380 g/mol. The molecule has 0 radical (unpaired) electrons. The molecule has 0 bridgehead atoms. The molecule has 0 heterocycles.